The fourth-order valence-electron chi connectivity index (χ4n) is 2.87. The van der Waals surface area contributed by atoms with E-state index in [4.69, 9.17) is 4.98 Å². The van der Waals surface area contributed by atoms with Crippen molar-refractivity contribution < 1.29 is 4.39 Å². The number of hydrogen-bond donors (Lipinski definition) is 2. The molecule has 0 amide bonds. The van der Waals surface area contributed by atoms with Crippen LogP contribution in [-0.2, 0) is 13.1 Å². The van der Waals surface area contributed by atoms with E-state index in [1.54, 1.807) is 12.1 Å². The Hall–Kier alpha value is -2.18. The minimum Gasteiger partial charge on any atom is -0.340 e. The normalized spacial score (nSPS) is 13.6. The summed E-state index contributed by atoms with van der Waals surface area (Å²) < 4.78 is 16.4. The lowest BCUT2D eigenvalue weighted by Gasteiger charge is -2.18. The minimum atomic E-state index is -0.242. The molecule has 0 atom stereocenters. The fourth-order valence-corrected chi connectivity index (χ4v) is 3.14. The zero-order chi connectivity index (χ0) is 16.5. The van der Waals surface area contributed by atoms with E-state index in [9.17, 15) is 4.39 Å². The molecule has 2 aromatic carbocycles. The van der Waals surface area contributed by atoms with Crippen LogP contribution in [0.25, 0.3) is 11.3 Å². The lowest BCUT2D eigenvalue weighted by molar-refractivity contribution is 0.509. The van der Waals surface area contributed by atoms with Crippen molar-refractivity contribution in [3.05, 3.63) is 64.6 Å². The van der Waals surface area contributed by atoms with Crippen molar-refractivity contribution in [2.24, 2.45) is 0 Å². The molecule has 0 spiro atoms. The van der Waals surface area contributed by atoms with Crippen molar-refractivity contribution >= 4 is 27.4 Å². The Balaban J connectivity index is 1.79. The van der Waals surface area contributed by atoms with E-state index >= 15 is 0 Å². The summed E-state index contributed by atoms with van der Waals surface area (Å²) >= 11 is 3.47. The van der Waals surface area contributed by atoms with Gasteiger partial charge in [-0.15, -0.1) is 0 Å². The van der Waals surface area contributed by atoms with Crippen LogP contribution in [0.15, 0.2) is 53.0 Å². The molecule has 0 unspecified atom stereocenters. The molecule has 0 saturated heterocycles. The minimum absolute atomic E-state index is 0.242. The molecule has 24 heavy (non-hydrogen) atoms. The highest BCUT2D eigenvalue weighted by molar-refractivity contribution is 9.10. The Kier molecular flexibility index (Phi) is 4.08. The van der Waals surface area contributed by atoms with Crippen LogP contribution >= 0.6 is 15.9 Å². The Morgan fingerprint density at radius 3 is 2.58 bits per heavy atom. The van der Waals surface area contributed by atoms with E-state index in [0.29, 0.717) is 0 Å². The monoisotopic (exact) mass is 386 g/mol. The lowest BCUT2D eigenvalue weighted by atomic mass is 10.1. The maximum absolute atomic E-state index is 13.2. The smallest absolute Gasteiger partial charge is 0.138 e. The third-order valence-electron chi connectivity index (χ3n) is 4.07. The summed E-state index contributed by atoms with van der Waals surface area (Å²) in [5.74, 6) is 1.71. The van der Waals surface area contributed by atoms with Gasteiger partial charge in [0, 0.05) is 28.8 Å². The molecule has 2 heterocycles. The number of aromatic nitrogens is 2. The second-order valence-electron chi connectivity index (χ2n) is 5.69. The number of benzene rings is 2. The number of halogens is 2. The van der Waals surface area contributed by atoms with Crippen molar-refractivity contribution in [1.29, 1.82) is 0 Å². The summed E-state index contributed by atoms with van der Waals surface area (Å²) in [4.78, 5) is 4.81. The van der Waals surface area contributed by atoms with Gasteiger partial charge in [-0.1, -0.05) is 28.1 Å². The standard InChI is InChI=1S/C18H16BrFN4/c19-13-3-1-12(2-4-13)17-18(22-15-7-5-14(20)6-8-15)24-10-9-21-11-16(24)23-17/h1-8,21-22H,9-11H2. The summed E-state index contributed by atoms with van der Waals surface area (Å²) in [6, 6.07) is 14.5. The summed E-state index contributed by atoms with van der Waals surface area (Å²) in [5, 5.41) is 6.76. The van der Waals surface area contributed by atoms with Crippen LogP contribution in [0.4, 0.5) is 15.9 Å². The SMILES string of the molecule is Fc1ccc(Nc2c(-c3ccc(Br)cc3)nc3n2CCNC3)cc1. The van der Waals surface area contributed by atoms with Crippen LogP contribution in [0, 0.1) is 5.82 Å². The molecule has 0 radical (unpaired) electrons. The van der Waals surface area contributed by atoms with Gasteiger partial charge in [0.15, 0.2) is 0 Å². The van der Waals surface area contributed by atoms with Gasteiger partial charge in [0.05, 0.1) is 6.54 Å². The van der Waals surface area contributed by atoms with Gasteiger partial charge in [-0.25, -0.2) is 9.37 Å². The second kappa shape index (κ2) is 6.37. The zero-order valence-corrected chi connectivity index (χ0v) is 14.5. The van der Waals surface area contributed by atoms with Crippen LogP contribution in [0.3, 0.4) is 0 Å². The van der Waals surface area contributed by atoms with Gasteiger partial charge in [-0.3, -0.25) is 0 Å². The predicted octanol–water partition coefficient (Wildman–Crippen LogP) is 4.30. The van der Waals surface area contributed by atoms with E-state index in [2.05, 4.69) is 31.1 Å². The van der Waals surface area contributed by atoms with Gasteiger partial charge >= 0.3 is 0 Å². The molecule has 0 saturated carbocycles. The average molecular weight is 387 g/mol. The van der Waals surface area contributed by atoms with Crippen LogP contribution in [0.5, 0.6) is 0 Å². The molecule has 0 fully saturated rings. The molecule has 4 rings (SSSR count). The van der Waals surface area contributed by atoms with E-state index in [0.717, 1.165) is 52.7 Å². The fraction of sp³-hybridized carbons (Fsp3) is 0.167. The van der Waals surface area contributed by atoms with Crippen LogP contribution < -0.4 is 10.6 Å². The summed E-state index contributed by atoms with van der Waals surface area (Å²) in [6.07, 6.45) is 0. The molecule has 6 heteroatoms. The molecular weight excluding hydrogens is 371 g/mol. The molecule has 0 aliphatic carbocycles. The van der Waals surface area contributed by atoms with Crippen molar-refractivity contribution in [2.75, 3.05) is 11.9 Å². The Bertz CT molecular complexity index is 856. The number of fused-ring (bicyclic) bond motifs is 1. The number of hydrogen-bond acceptors (Lipinski definition) is 3. The van der Waals surface area contributed by atoms with Crippen molar-refractivity contribution in [3.63, 3.8) is 0 Å². The number of nitrogens with zero attached hydrogens (tertiary/aromatic N) is 2. The summed E-state index contributed by atoms with van der Waals surface area (Å²) in [5.41, 5.74) is 2.80. The van der Waals surface area contributed by atoms with Crippen molar-refractivity contribution in [1.82, 2.24) is 14.9 Å². The molecule has 1 aromatic heterocycles. The first-order chi connectivity index (χ1) is 11.7. The van der Waals surface area contributed by atoms with E-state index < -0.39 is 0 Å². The highest BCUT2D eigenvalue weighted by Gasteiger charge is 2.20. The molecule has 1 aliphatic rings. The quantitative estimate of drug-likeness (QED) is 0.704. The van der Waals surface area contributed by atoms with Gasteiger partial charge in [-0.2, -0.15) is 0 Å². The Labute approximate surface area is 147 Å². The third-order valence-corrected chi connectivity index (χ3v) is 4.60. The first kappa shape index (κ1) is 15.4. The number of imidazole rings is 1. The highest BCUT2D eigenvalue weighted by atomic mass is 79.9. The largest absolute Gasteiger partial charge is 0.340 e. The lowest BCUT2D eigenvalue weighted by Crippen LogP contribution is -2.28. The summed E-state index contributed by atoms with van der Waals surface area (Å²) in [7, 11) is 0. The van der Waals surface area contributed by atoms with Crippen molar-refractivity contribution in [3.8, 4) is 11.3 Å². The first-order valence-electron chi connectivity index (χ1n) is 7.79. The molecule has 3 aromatic rings. The van der Waals surface area contributed by atoms with Gasteiger partial charge < -0.3 is 15.2 Å². The maximum atomic E-state index is 13.2. The van der Waals surface area contributed by atoms with E-state index in [-0.39, 0.29) is 5.82 Å². The third kappa shape index (κ3) is 2.95. The maximum Gasteiger partial charge on any atom is 0.138 e. The average Bonchev–Trinajstić information content (AvgIpc) is 2.96. The highest BCUT2D eigenvalue weighted by Crippen LogP contribution is 2.32. The number of anilines is 2. The van der Waals surface area contributed by atoms with Gasteiger partial charge in [0.1, 0.15) is 23.2 Å². The van der Waals surface area contributed by atoms with Gasteiger partial charge in [-0.05, 0) is 36.4 Å². The number of nitrogens with one attached hydrogen (secondary N) is 2. The second-order valence-corrected chi connectivity index (χ2v) is 6.61. The van der Waals surface area contributed by atoms with E-state index in [1.165, 1.54) is 12.1 Å². The van der Waals surface area contributed by atoms with Gasteiger partial charge in [0.2, 0.25) is 0 Å². The molecule has 4 nitrogen and oxygen atoms in total. The van der Waals surface area contributed by atoms with Crippen molar-refractivity contribution in [2.45, 2.75) is 13.1 Å². The Morgan fingerprint density at radius 1 is 1.08 bits per heavy atom. The predicted molar refractivity (Wildman–Crippen MR) is 96.8 cm³/mol. The van der Waals surface area contributed by atoms with E-state index in [1.807, 2.05) is 24.3 Å². The van der Waals surface area contributed by atoms with Crippen LogP contribution in [0.2, 0.25) is 0 Å². The van der Waals surface area contributed by atoms with Crippen LogP contribution in [0.1, 0.15) is 5.82 Å². The molecular formula is C18H16BrFN4. The molecule has 122 valence electrons. The van der Waals surface area contributed by atoms with Gasteiger partial charge in [0.25, 0.3) is 0 Å². The molecule has 1 aliphatic heterocycles. The van der Waals surface area contributed by atoms with Crippen LogP contribution in [-0.4, -0.2) is 16.1 Å². The Morgan fingerprint density at radius 2 is 1.83 bits per heavy atom. The summed E-state index contributed by atoms with van der Waals surface area (Å²) in [6.45, 7) is 2.50. The topological polar surface area (TPSA) is 41.9 Å². The first-order valence-corrected chi connectivity index (χ1v) is 8.59. The molecule has 0 bridgehead atoms. The number of rotatable bonds is 3. The zero-order valence-electron chi connectivity index (χ0n) is 12.9. The molecule has 2 N–H and O–H groups in total.